The molecule has 1 aromatic heterocycles. The number of rotatable bonds is 3. The summed E-state index contributed by atoms with van der Waals surface area (Å²) < 4.78 is 2.10. The minimum Gasteiger partial charge on any atom is -0.338 e. The van der Waals surface area contributed by atoms with Gasteiger partial charge in [0, 0.05) is 32.5 Å². The normalized spacial score (nSPS) is 19.3. The highest BCUT2D eigenvalue weighted by Crippen LogP contribution is 2.29. The van der Waals surface area contributed by atoms with Crippen molar-refractivity contribution in [3.05, 3.63) is 42.7 Å². The summed E-state index contributed by atoms with van der Waals surface area (Å²) in [6, 6.07) is 8.07. The van der Waals surface area contributed by atoms with Gasteiger partial charge in [-0.25, -0.2) is 4.98 Å². The summed E-state index contributed by atoms with van der Waals surface area (Å²) in [5.41, 5.74) is 2.11. The molecule has 1 aromatic carbocycles. The van der Waals surface area contributed by atoms with Gasteiger partial charge < -0.3 is 9.47 Å². The van der Waals surface area contributed by atoms with Gasteiger partial charge in [-0.15, -0.1) is 6.58 Å². The summed E-state index contributed by atoms with van der Waals surface area (Å²) in [5, 5.41) is 0. The zero-order valence-electron chi connectivity index (χ0n) is 11.0. The van der Waals surface area contributed by atoms with Crippen molar-refractivity contribution in [2.45, 2.75) is 12.3 Å². The molecule has 4 nitrogen and oxygen atoms in total. The topological polar surface area (TPSA) is 38.1 Å². The molecule has 98 valence electrons. The zero-order chi connectivity index (χ0) is 13.4. The van der Waals surface area contributed by atoms with E-state index in [1.165, 1.54) is 0 Å². The van der Waals surface area contributed by atoms with Crippen molar-refractivity contribution in [1.82, 2.24) is 14.5 Å². The summed E-state index contributed by atoms with van der Waals surface area (Å²) in [6.45, 7) is 5.06. The average Bonchev–Trinajstić information content (AvgIpc) is 2.93. The summed E-state index contributed by atoms with van der Waals surface area (Å²) in [4.78, 5) is 18.4. The van der Waals surface area contributed by atoms with Crippen LogP contribution in [-0.2, 0) is 11.8 Å². The standard InChI is InChI=1S/C15H17N3O/c1-3-8-18-10-11(9-14(18)19)15-16-12-6-4-5-7-13(12)17(15)2/h3-7,11H,1,8-10H2,2H3/t11-/m0/s1. The zero-order valence-corrected chi connectivity index (χ0v) is 11.0. The smallest absolute Gasteiger partial charge is 0.223 e. The highest BCUT2D eigenvalue weighted by molar-refractivity contribution is 5.81. The van der Waals surface area contributed by atoms with E-state index in [0.29, 0.717) is 13.0 Å². The van der Waals surface area contributed by atoms with Gasteiger partial charge in [-0.1, -0.05) is 18.2 Å². The number of nitrogens with zero attached hydrogens (tertiary/aromatic N) is 3. The molecule has 0 N–H and O–H groups in total. The number of fused-ring (bicyclic) bond motifs is 1. The first-order chi connectivity index (χ1) is 9.20. The second-order valence-electron chi connectivity index (χ2n) is 5.01. The van der Waals surface area contributed by atoms with E-state index in [1.807, 2.05) is 30.1 Å². The fourth-order valence-corrected chi connectivity index (χ4v) is 2.81. The predicted octanol–water partition coefficient (Wildman–Crippen LogP) is 2.08. The lowest BCUT2D eigenvalue weighted by Gasteiger charge is -2.13. The molecule has 2 heterocycles. The van der Waals surface area contributed by atoms with E-state index in [9.17, 15) is 4.79 Å². The van der Waals surface area contributed by atoms with Crippen molar-refractivity contribution in [2.75, 3.05) is 13.1 Å². The number of carbonyl (C=O) groups excluding carboxylic acids is 1. The van der Waals surface area contributed by atoms with Gasteiger partial charge in [-0.2, -0.15) is 0 Å². The van der Waals surface area contributed by atoms with Crippen LogP contribution < -0.4 is 0 Å². The molecule has 3 rings (SSSR count). The molecule has 4 heteroatoms. The SMILES string of the molecule is C=CCN1C[C@@H](c2nc3ccccc3n2C)CC1=O. The van der Waals surface area contributed by atoms with Gasteiger partial charge in [0.15, 0.2) is 0 Å². The molecular weight excluding hydrogens is 238 g/mol. The van der Waals surface area contributed by atoms with Crippen LogP contribution in [0.3, 0.4) is 0 Å². The van der Waals surface area contributed by atoms with Gasteiger partial charge in [0.1, 0.15) is 5.82 Å². The van der Waals surface area contributed by atoms with Gasteiger partial charge in [-0.05, 0) is 12.1 Å². The highest BCUT2D eigenvalue weighted by atomic mass is 16.2. The van der Waals surface area contributed by atoms with Crippen molar-refractivity contribution in [3.8, 4) is 0 Å². The second-order valence-corrected chi connectivity index (χ2v) is 5.01. The van der Waals surface area contributed by atoms with Crippen LogP contribution in [0.2, 0.25) is 0 Å². The van der Waals surface area contributed by atoms with Crippen LogP contribution in [0, 0.1) is 0 Å². The predicted molar refractivity (Wildman–Crippen MR) is 74.8 cm³/mol. The van der Waals surface area contributed by atoms with E-state index in [2.05, 4.69) is 22.2 Å². The molecular formula is C15H17N3O. The minimum atomic E-state index is 0.185. The van der Waals surface area contributed by atoms with E-state index in [4.69, 9.17) is 0 Å². The molecule has 1 fully saturated rings. The number of amides is 1. The molecule has 1 aliphatic heterocycles. The maximum absolute atomic E-state index is 11.9. The van der Waals surface area contributed by atoms with Crippen molar-refractivity contribution in [2.24, 2.45) is 7.05 Å². The Kier molecular flexibility index (Phi) is 2.85. The number of imidazole rings is 1. The number of likely N-dealkylation sites (tertiary alicyclic amines) is 1. The molecule has 0 radical (unpaired) electrons. The molecule has 1 atom stereocenters. The Bertz CT molecular complexity index is 644. The number of carbonyl (C=O) groups is 1. The Labute approximate surface area is 112 Å². The Morgan fingerprint density at radius 1 is 1.47 bits per heavy atom. The third-order valence-electron chi connectivity index (χ3n) is 3.75. The largest absolute Gasteiger partial charge is 0.338 e. The van der Waals surface area contributed by atoms with Crippen LogP contribution in [0.25, 0.3) is 11.0 Å². The van der Waals surface area contributed by atoms with E-state index < -0.39 is 0 Å². The van der Waals surface area contributed by atoms with Crippen LogP contribution >= 0.6 is 0 Å². The average molecular weight is 255 g/mol. The third kappa shape index (κ3) is 1.93. The first-order valence-electron chi connectivity index (χ1n) is 6.50. The van der Waals surface area contributed by atoms with Crippen LogP contribution in [0.15, 0.2) is 36.9 Å². The molecule has 0 spiro atoms. The van der Waals surface area contributed by atoms with Gasteiger partial charge in [-0.3, -0.25) is 4.79 Å². The molecule has 1 amide bonds. The molecule has 0 aliphatic carbocycles. The lowest BCUT2D eigenvalue weighted by Crippen LogP contribution is -2.25. The van der Waals surface area contributed by atoms with E-state index in [0.717, 1.165) is 23.4 Å². The Morgan fingerprint density at radius 3 is 3.00 bits per heavy atom. The summed E-state index contributed by atoms with van der Waals surface area (Å²) >= 11 is 0. The Balaban J connectivity index is 1.95. The van der Waals surface area contributed by atoms with Gasteiger partial charge >= 0.3 is 0 Å². The minimum absolute atomic E-state index is 0.185. The van der Waals surface area contributed by atoms with Crippen molar-refractivity contribution >= 4 is 16.9 Å². The lowest BCUT2D eigenvalue weighted by atomic mass is 10.1. The fraction of sp³-hybridized carbons (Fsp3) is 0.333. The maximum atomic E-state index is 11.9. The van der Waals surface area contributed by atoms with Crippen molar-refractivity contribution < 1.29 is 4.79 Å². The third-order valence-corrected chi connectivity index (χ3v) is 3.75. The number of hydrogen-bond donors (Lipinski definition) is 0. The number of aromatic nitrogens is 2. The van der Waals surface area contributed by atoms with E-state index >= 15 is 0 Å². The molecule has 2 aromatic rings. The van der Waals surface area contributed by atoms with Gasteiger partial charge in [0.25, 0.3) is 0 Å². The fourth-order valence-electron chi connectivity index (χ4n) is 2.81. The van der Waals surface area contributed by atoms with Crippen LogP contribution in [0.4, 0.5) is 0 Å². The number of benzene rings is 1. The number of hydrogen-bond acceptors (Lipinski definition) is 2. The van der Waals surface area contributed by atoms with E-state index in [1.54, 1.807) is 6.08 Å². The summed E-state index contributed by atoms with van der Waals surface area (Å²) in [7, 11) is 2.02. The van der Waals surface area contributed by atoms with Crippen LogP contribution in [-0.4, -0.2) is 33.4 Å². The Hall–Kier alpha value is -2.10. The lowest BCUT2D eigenvalue weighted by molar-refractivity contribution is -0.127. The van der Waals surface area contributed by atoms with Crippen molar-refractivity contribution in [1.29, 1.82) is 0 Å². The van der Waals surface area contributed by atoms with Crippen molar-refractivity contribution in [3.63, 3.8) is 0 Å². The molecule has 1 aliphatic rings. The first-order valence-corrected chi connectivity index (χ1v) is 6.50. The van der Waals surface area contributed by atoms with Crippen LogP contribution in [0.1, 0.15) is 18.2 Å². The van der Waals surface area contributed by atoms with Crippen LogP contribution in [0.5, 0.6) is 0 Å². The Morgan fingerprint density at radius 2 is 2.26 bits per heavy atom. The highest BCUT2D eigenvalue weighted by Gasteiger charge is 2.32. The quantitative estimate of drug-likeness (QED) is 0.787. The maximum Gasteiger partial charge on any atom is 0.223 e. The summed E-state index contributed by atoms with van der Waals surface area (Å²) in [5.74, 6) is 1.38. The first kappa shape index (κ1) is 12.0. The van der Waals surface area contributed by atoms with E-state index in [-0.39, 0.29) is 11.8 Å². The second kappa shape index (κ2) is 4.53. The molecule has 0 bridgehead atoms. The number of aryl methyl sites for hydroxylation is 1. The molecule has 0 saturated carbocycles. The van der Waals surface area contributed by atoms with Gasteiger partial charge in [0.2, 0.25) is 5.91 Å². The monoisotopic (exact) mass is 255 g/mol. The molecule has 19 heavy (non-hydrogen) atoms. The van der Waals surface area contributed by atoms with Gasteiger partial charge in [0.05, 0.1) is 11.0 Å². The number of para-hydroxylation sites is 2. The summed E-state index contributed by atoms with van der Waals surface area (Å²) in [6.07, 6.45) is 2.32. The molecule has 0 unspecified atom stereocenters. The molecule has 1 saturated heterocycles.